The molecule has 7 heteroatoms. The van der Waals surface area contributed by atoms with Gasteiger partial charge in [0.05, 0.1) is 14.2 Å². The molecule has 0 saturated heterocycles. The summed E-state index contributed by atoms with van der Waals surface area (Å²) in [5, 5.41) is 0. The molecule has 2 aromatic rings. The average molecular weight is 336 g/mol. The summed E-state index contributed by atoms with van der Waals surface area (Å²) in [4.78, 5) is 4.51. The van der Waals surface area contributed by atoms with Crippen molar-refractivity contribution in [1.29, 1.82) is 0 Å². The van der Waals surface area contributed by atoms with Crippen molar-refractivity contribution in [3.8, 4) is 0 Å². The van der Waals surface area contributed by atoms with E-state index in [4.69, 9.17) is 0 Å². The predicted molar refractivity (Wildman–Crippen MR) is 71.0 cm³/mol. The standard InChI is InChI=1S/C9H9NSe.C2H6O4S/c1-2-9-10-7-5-3-4-6-8(7)11-9;1-5-7(3,4)6-2/h3-6H,2H2,1H3;1-2H3. The number of aryl methyl sites for hydroxylation is 1. The van der Waals surface area contributed by atoms with Crippen LogP contribution in [0, 0.1) is 0 Å². The van der Waals surface area contributed by atoms with Crippen LogP contribution in [0.2, 0.25) is 0 Å². The van der Waals surface area contributed by atoms with E-state index in [2.05, 4.69) is 44.5 Å². The molecule has 18 heavy (non-hydrogen) atoms. The van der Waals surface area contributed by atoms with Crippen molar-refractivity contribution < 1.29 is 16.8 Å². The Labute approximate surface area is 113 Å². The van der Waals surface area contributed by atoms with Gasteiger partial charge in [-0.05, 0) is 0 Å². The van der Waals surface area contributed by atoms with E-state index in [0.29, 0.717) is 14.5 Å². The first-order chi connectivity index (χ1) is 8.52. The van der Waals surface area contributed by atoms with Crippen LogP contribution in [-0.4, -0.2) is 42.1 Å². The summed E-state index contributed by atoms with van der Waals surface area (Å²) >= 11 is 0.519. The van der Waals surface area contributed by atoms with Gasteiger partial charge in [0, 0.05) is 0 Å². The monoisotopic (exact) mass is 337 g/mol. The first-order valence-electron chi connectivity index (χ1n) is 5.23. The van der Waals surface area contributed by atoms with Crippen LogP contribution >= 0.6 is 0 Å². The number of aromatic nitrogens is 1. The zero-order valence-electron chi connectivity index (χ0n) is 10.4. The maximum absolute atomic E-state index is 9.92. The predicted octanol–water partition coefficient (Wildman–Crippen LogP) is 1.38. The molecule has 0 radical (unpaired) electrons. The van der Waals surface area contributed by atoms with Crippen LogP contribution in [0.15, 0.2) is 24.3 Å². The molecular weight excluding hydrogens is 321 g/mol. The van der Waals surface area contributed by atoms with E-state index in [-0.39, 0.29) is 0 Å². The fourth-order valence-corrected chi connectivity index (χ4v) is 3.18. The maximum Gasteiger partial charge on any atom is 0.399 e. The fourth-order valence-electron chi connectivity index (χ4n) is 1.14. The van der Waals surface area contributed by atoms with Gasteiger partial charge < -0.3 is 0 Å². The third-order valence-electron chi connectivity index (χ3n) is 2.05. The Bertz CT molecular complexity index is 551. The summed E-state index contributed by atoms with van der Waals surface area (Å²) in [7, 11) is -1.60. The van der Waals surface area contributed by atoms with Crippen LogP contribution in [0.4, 0.5) is 0 Å². The van der Waals surface area contributed by atoms with E-state index in [0.717, 1.165) is 20.6 Å². The van der Waals surface area contributed by atoms with Gasteiger partial charge in [-0.15, -0.1) is 0 Å². The molecule has 0 amide bonds. The molecule has 1 aromatic carbocycles. The fraction of sp³-hybridized carbons (Fsp3) is 0.364. The minimum absolute atomic E-state index is 0.519. The van der Waals surface area contributed by atoms with E-state index in [9.17, 15) is 8.42 Å². The molecule has 0 N–H and O–H groups in total. The molecule has 1 aromatic heterocycles. The van der Waals surface area contributed by atoms with E-state index in [1.165, 1.54) is 14.3 Å². The van der Waals surface area contributed by atoms with Crippen LogP contribution < -0.4 is 0 Å². The molecule has 0 fully saturated rings. The van der Waals surface area contributed by atoms with Gasteiger partial charge in [0.25, 0.3) is 0 Å². The molecule has 0 aliphatic heterocycles. The second kappa shape index (κ2) is 7.01. The number of hydrogen-bond acceptors (Lipinski definition) is 5. The number of hydrogen-bond donors (Lipinski definition) is 0. The summed E-state index contributed by atoms with van der Waals surface area (Å²) in [5.74, 6) is 0. The van der Waals surface area contributed by atoms with E-state index in [1.54, 1.807) is 0 Å². The van der Waals surface area contributed by atoms with Gasteiger partial charge in [-0.25, -0.2) is 0 Å². The Kier molecular flexibility index (Phi) is 5.98. The first kappa shape index (κ1) is 15.3. The third kappa shape index (κ3) is 4.51. The Morgan fingerprint density at radius 1 is 1.22 bits per heavy atom. The van der Waals surface area contributed by atoms with Crippen molar-refractivity contribution in [1.82, 2.24) is 4.98 Å². The van der Waals surface area contributed by atoms with Gasteiger partial charge in [-0.3, -0.25) is 8.37 Å². The molecule has 1 heterocycles. The number of nitrogens with zero attached hydrogens (tertiary/aromatic N) is 1. The summed E-state index contributed by atoms with van der Waals surface area (Å²) in [6, 6.07) is 8.42. The Balaban J connectivity index is 0.000000203. The number of rotatable bonds is 3. The van der Waals surface area contributed by atoms with Gasteiger partial charge in [0.2, 0.25) is 0 Å². The van der Waals surface area contributed by atoms with E-state index in [1.807, 2.05) is 0 Å². The Morgan fingerprint density at radius 2 is 1.83 bits per heavy atom. The van der Waals surface area contributed by atoms with Crippen molar-refractivity contribution in [3.05, 3.63) is 28.8 Å². The molecule has 0 atom stereocenters. The third-order valence-corrected chi connectivity index (χ3v) is 5.34. The maximum atomic E-state index is 9.92. The SMILES string of the molecule is CCc1nc2ccccc2[se]1.COS(=O)(=O)OC. The topological polar surface area (TPSA) is 65.5 Å². The van der Waals surface area contributed by atoms with Crippen LogP contribution in [0.5, 0.6) is 0 Å². The van der Waals surface area contributed by atoms with E-state index < -0.39 is 10.4 Å². The smallest absolute Gasteiger partial charge is 0.252 e. The molecule has 0 spiro atoms. The van der Waals surface area contributed by atoms with Crippen molar-refractivity contribution in [2.75, 3.05) is 14.2 Å². The quantitative estimate of drug-likeness (QED) is 0.793. The van der Waals surface area contributed by atoms with Crippen LogP contribution in [-0.2, 0) is 25.2 Å². The zero-order chi connectivity index (χ0) is 13.6. The molecule has 2 rings (SSSR count). The molecule has 5 nitrogen and oxygen atoms in total. The zero-order valence-corrected chi connectivity index (χ0v) is 12.9. The van der Waals surface area contributed by atoms with Crippen LogP contribution in [0.1, 0.15) is 11.5 Å². The summed E-state index contributed by atoms with van der Waals surface area (Å²) in [5.41, 5.74) is 1.20. The molecule has 0 bridgehead atoms. The summed E-state index contributed by atoms with van der Waals surface area (Å²) in [6.07, 6.45) is 1.11. The van der Waals surface area contributed by atoms with Gasteiger partial charge in [-0.2, -0.15) is 8.42 Å². The van der Waals surface area contributed by atoms with Gasteiger partial charge >= 0.3 is 81.8 Å². The second-order valence-electron chi connectivity index (χ2n) is 3.17. The van der Waals surface area contributed by atoms with Crippen molar-refractivity contribution in [3.63, 3.8) is 0 Å². The van der Waals surface area contributed by atoms with Gasteiger partial charge in [0.15, 0.2) is 0 Å². The minimum atomic E-state index is -3.66. The number of fused-ring (bicyclic) bond motifs is 1. The Hall–Kier alpha value is -0.721. The van der Waals surface area contributed by atoms with Crippen molar-refractivity contribution >= 4 is 34.7 Å². The molecular formula is C11H15NO4SSe. The average Bonchev–Trinajstić information content (AvgIpc) is 2.82. The summed E-state index contributed by atoms with van der Waals surface area (Å²) in [6.45, 7) is 2.17. The molecule has 0 unspecified atom stereocenters. The Morgan fingerprint density at radius 3 is 2.28 bits per heavy atom. The van der Waals surface area contributed by atoms with Crippen molar-refractivity contribution in [2.45, 2.75) is 13.3 Å². The van der Waals surface area contributed by atoms with Crippen LogP contribution in [0.3, 0.4) is 0 Å². The van der Waals surface area contributed by atoms with E-state index >= 15 is 0 Å². The van der Waals surface area contributed by atoms with Gasteiger partial charge in [0.1, 0.15) is 0 Å². The largest absolute Gasteiger partial charge is 0.399 e. The normalized spacial score (nSPS) is 11.1. The van der Waals surface area contributed by atoms with Crippen LogP contribution in [0.25, 0.3) is 9.78 Å². The number of para-hydroxylation sites is 1. The van der Waals surface area contributed by atoms with Gasteiger partial charge in [-0.1, -0.05) is 0 Å². The molecule has 0 aliphatic carbocycles. The second-order valence-corrected chi connectivity index (χ2v) is 6.99. The number of benzene rings is 1. The molecule has 100 valence electrons. The molecule has 0 aliphatic rings. The molecule has 0 saturated carbocycles. The van der Waals surface area contributed by atoms with Crippen molar-refractivity contribution in [2.24, 2.45) is 0 Å². The first-order valence-corrected chi connectivity index (χ1v) is 8.27. The minimum Gasteiger partial charge on any atom is -0.252 e. The summed E-state index contributed by atoms with van der Waals surface area (Å²) < 4.78 is 30.3.